The molecule has 0 radical (unpaired) electrons. The number of carbonyl (C=O) groups excluding carboxylic acids is 10. The molecular formula is C69H76Br3N15O22. The number of esters is 8. The van der Waals surface area contributed by atoms with Gasteiger partial charge in [0.15, 0.2) is 42.6 Å². The lowest BCUT2D eigenvalue weighted by Crippen LogP contribution is -2.38. The molecule has 580 valence electrons. The van der Waals surface area contributed by atoms with E-state index in [0.29, 0.717) is 80.5 Å². The van der Waals surface area contributed by atoms with Crippen molar-refractivity contribution >= 4 is 187 Å². The summed E-state index contributed by atoms with van der Waals surface area (Å²) in [5, 5.41) is 29.8. The molecule has 37 nitrogen and oxygen atoms in total. The Kier molecular flexibility index (Phi) is 34.3. The van der Waals surface area contributed by atoms with Gasteiger partial charge in [0.2, 0.25) is 23.7 Å². The van der Waals surface area contributed by atoms with E-state index in [1.807, 2.05) is 12.1 Å². The summed E-state index contributed by atoms with van der Waals surface area (Å²) >= 11 is 10.6. The molecule has 3 aromatic heterocycles. The van der Waals surface area contributed by atoms with Gasteiger partial charge >= 0.3 is 59.7 Å². The third-order valence-electron chi connectivity index (χ3n) is 14.6. The molecule has 40 heteroatoms. The summed E-state index contributed by atoms with van der Waals surface area (Å²) < 4.78 is 40.7. The number of carboxylic acids is 2. The molecule has 0 bridgehead atoms. The first kappa shape index (κ1) is 86.4. The predicted octanol–water partition coefficient (Wildman–Crippen LogP) is 6.31. The van der Waals surface area contributed by atoms with Crippen molar-refractivity contribution in [1.29, 1.82) is 0 Å². The Morgan fingerprint density at radius 2 is 0.789 bits per heavy atom. The maximum Gasteiger partial charge on any atom is 0.347 e. The number of ether oxygens (including phenoxy) is 8. The van der Waals surface area contributed by atoms with Crippen LogP contribution in [0.15, 0.2) is 127 Å². The van der Waals surface area contributed by atoms with Gasteiger partial charge in [-0.25, -0.2) is 28.8 Å². The second-order valence-electron chi connectivity index (χ2n) is 22.8. The van der Waals surface area contributed by atoms with Crippen LogP contribution in [0.1, 0.15) is 80.1 Å². The number of aliphatic carboxylic acids is 2. The van der Waals surface area contributed by atoms with Crippen LogP contribution >= 0.6 is 47.8 Å². The highest BCUT2D eigenvalue weighted by Crippen LogP contribution is 2.32. The van der Waals surface area contributed by atoms with E-state index in [9.17, 15) is 57.5 Å². The number of rotatable bonds is 28. The van der Waals surface area contributed by atoms with Crippen molar-refractivity contribution in [3.63, 3.8) is 0 Å². The number of aliphatic imine (C=N–C) groups is 3. The number of benzene rings is 3. The molecule has 6 atom stereocenters. The molecule has 0 saturated heterocycles. The molecule has 0 aliphatic carbocycles. The fourth-order valence-corrected chi connectivity index (χ4v) is 10.6. The lowest BCUT2D eigenvalue weighted by atomic mass is 10.2. The third kappa shape index (κ3) is 27.0. The van der Waals surface area contributed by atoms with Gasteiger partial charge in [-0.3, -0.25) is 83.4 Å². The van der Waals surface area contributed by atoms with Crippen LogP contribution in [0.2, 0.25) is 0 Å². The Balaban J connectivity index is 0.000000237. The number of fused-ring (bicyclic) bond motifs is 3. The van der Waals surface area contributed by atoms with E-state index < -0.39 is 103 Å². The van der Waals surface area contributed by atoms with Crippen LogP contribution in [0, 0.1) is 0 Å². The molecule has 6 N–H and O–H groups in total. The van der Waals surface area contributed by atoms with Crippen molar-refractivity contribution in [3.05, 3.63) is 112 Å². The van der Waals surface area contributed by atoms with E-state index >= 15 is 0 Å². The normalized spacial score (nSPS) is 14.2. The topological polar surface area (TPSA) is 488 Å². The average molecular weight is 1710 g/mol. The number of nitrogens with zero attached hydrogens (tertiary/aromatic N) is 11. The van der Waals surface area contributed by atoms with Gasteiger partial charge in [0.05, 0.1) is 92.3 Å². The maximum atomic E-state index is 12.8. The molecule has 3 aliphatic heterocycles. The van der Waals surface area contributed by atoms with Crippen LogP contribution in [0.4, 0.5) is 17.1 Å². The monoisotopic (exact) mass is 1700 g/mol. The number of aromatic nitrogens is 6. The van der Waals surface area contributed by atoms with Gasteiger partial charge in [-0.1, -0.05) is 25.3 Å². The van der Waals surface area contributed by atoms with Crippen LogP contribution < -0.4 is 21.3 Å². The number of guanidine groups is 3. The highest BCUT2D eigenvalue weighted by molar-refractivity contribution is 9.11. The third-order valence-corrected chi connectivity index (χ3v) is 17.0. The van der Waals surface area contributed by atoms with Crippen molar-refractivity contribution in [3.8, 4) is 0 Å². The summed E-state index contributed by atoms with van der Waals surface area (Å²) in [6, 6.07) is 11.1. The van der Waals surface area contributed by atoms with Crippen molar-refractivity contribution in [2.75, 3.05) is 68.4 Å². The number of carbonyl (C=O) groups is 12. The van der Waals surface area contributed by atoms with Gasteiger partial charge < -0.3 is 69.4 Å². The van der Waals surface area contributed by atoms with Gasteiger partial charge in [-0.15, -0.1) is 0 Å². The Morgan fingerprint density at radius 3 is 1.13 bits per heavy atom. The van der Waals surface area contributed by atoms with Crippen LogP contribution in [0.5, 0.6) is 0 Å². The summed E-state index contributed by atoms with van der Waals surface area (Å²) in [6.45, 7) is 17.6. The van der Waals surface area contributed by atoms with E-state index in [2.05, 4.69) is 141 Å². The molecule has 3 aliphatic rings. The fourth-order valence-electron chi connectivity index (χ4n) is 9.03. The number of carboxylic acid groups (broad SMARTS) is 2. The molecule has 2 amide bonds. The van der Waals surface area contributed by atoms with Crippen LogP contribution in [0.3, 0.4) is 0 Å². The first-order chi connectivity index (χ1) is 52.0. The SMILES string of the molecule is Brc1c(NC2=NCCN2)ccc2nccnc12.C=CCOC(=O)[C@H](C)OC(=O)[C@H](C)OC(=O)CCC(=O)N1CCN=C1Nc1ccc2nccnc2c1Br.C=CCOC(=O)[C@H](C)OC(=O)[C@H](C)OC(=O)CCC(=O)O.C[C@H](OC(=O)[C@H](C)OC(=O)CCC(=O)N1CCN=C1Nc1ccc2nccnc2c1Br)C(=O)O. The Morgan fingerprint density at radius 1 is 0.450 bits per heavy atom. The lowest BCUT2D eigenvalue weighted by Gasteiger charge is -2.20. The van der Waals surface area contributed by atoms with Gasteiger partial charge in [0.1, 0.15) is 29.8 Å². The second-order valence-corrected chi connectivity index (χ2v) is 25.2. The van der Waals surface area contributed by atoms with Gasteiger partial charge in [0.25, 0.3) is 0 Å². The molecule has 6 aromatic rings. The lowest BCUT2D eigenvalue weighted by molar-refractivity contribution is -0.176. The highest BCUT2D eigenvalue weighted by Gasteiger charge is 2.32. The number of hydrogen-bond acceptors (Lipinski definition) is 33. The molecule has 109 heavy (non-hydrogen) atoms. The summed E-state index contributed by atoms with van der Waals surface area (Å²) in [7, 11) is 0. The summed E-state index contributed by atoms with van der Waals surface area (Å²) in [6.07, 6.45) is 3.32. The van der Waals surface area contributed by atoms with Crippen molar-refractivity contribution in [2.24, 2.45) is 15.0 Å². The van der Waals surface area contributed by atoms with E-state index in [4.69, 9.17) is 33.9 Å². The summed E-state index contributed by atoms with van der Waals surface area (Å²) in [4.78, 5) is 182. The quantitative estimate of drug-likeness (QED) is 0.0178. The van der Waals surface area contributed by atoms with Crippen molar-refractivity contribution in [2.45, 2.75) is 117 Å². The summed E-state index contributed by atoms with van der Waals surface area (Å²) in [5.74, 6) is -8.42. The van der Waals surface area contributed by atoms with Crippen LogP contribution in [-0.4, -0.2) is 228 Å². The van der Waals surface area contributed by atoms with Crippen molar-refractivity contribution < 1.29 is 106 Å². The Hall–Kier alpha value is -11.6. The van der Waals surface area contributed by atoms with Crippen LogP contribution in [0.25, 0.3) is 33.1 Å². The van der Waals surface area contributed by atoms with Gasteiger partial charge in [-0.05, 0) is 126 Å². The predicted molar refractivity (Wildman–Crippen MR) is 400 cm³/mol. The standard InChI is InChI=1S/C24H26BrN5O7.C21H22BrN5O7.C13H18O8.C11H10BrN5/c1-4-13-35-22(33)14(2)37-23(34)15(3)36-19(32)8-7-18(31)30-12-11-28-24(30)29-16-5-6-17-21(20(16)25)27-10-9-26-17;1-11(19(30)31)34-20(32)12(2)33-16(29)6-5-15(28)27-10-9-25-21(27)26-13-3-4-14-18(17(13)22)24-8-7-23-14;1-4-7-19-12(17)8(2)21-13(18)9(3)20-11(16)6-5-10(14)15;12-9-7(17-11-15-5-6-16-11)1-2-8-10(9)14-4-3-13-8/h4-6,9-10,14-15H,1,7-8,11-13H2,2-3H3,(H,28,29);3-4,7-8,11-12H,5-6,9-10H2,1-2H3,(H,25,26)(H,30,31);4,8-9H,1,5-7H2,2-3H3,(H,14,15);1-4H,5-6H2,(H2,15,16,17)/t14-,15-;11-,12-;8-,9-;/m000./s1. The van der Waals surface area contributed by atoms with E-state index in [0.717, 1.165) is 40.2 Å². The molecule has 0 unspecified atom stereocenters. The first-order valence-electron chi connectivity index (χ1n) is 33.2. The van der Waals surface area contributed by atoms with Crippen molar-refractivity contribution in [1.82, 2.24) is 45.0 Å². The van der Waals surface area contributed by atoms with E-state index in [1.165, 1.54) is 63.5 Å². The molecule has 9 rings (SSSR count). The number of hydrogen-bond donors (Lipinski definition) is 6. The molecule has 6 heterocycles. The molecular weight excluding hydrogens is 1630 g/mol. The number of anilines is 3. The maximum absolute atomic E-state index is 12.8. The highest BCUT2D eigenvalue weighted by atomic mass is 79.9. The smallest absolute Gasteiger partial charge is 0.347 e. The molecule has 0 saturated carbocycles. The average Bonchev–Trinajstić information content (AvgIpc) is 1.67. The number of amides is 2. The minimum absolute atomic E-state index is 0.0134. The molecule has 0 spiro atoms. The molecule has 0 fully saturated rings. The van der Waals surface area contributed by atoms with E-state index in [-0.39, 0.29) is 57.1 Å². The zero-order valence-corrected chi connectivity index (χ0v) is 64.2. The largest absolute Gasteiger partial charge is 0.481 e. The van der Waals surface area contributed by atoms with E-state index in [1.54, 1.807) is 61.4 Å². The minimum atomic E-state index is -1.37. The van der Waals surface area contributed by atoms with Crippen LogP contribution in [-0.2, 0) is 95.4 Å². The fraction of sp³-hybridized carbons (Fsp3) is 0.377. The second kappa shape index (κ2) is 43.3. The van der Waals surface area contributed by atoms with Gasteiger partial charge in [0, 0.05) is 69.7 Å². The minimum Gasteiger partial charge on any atom is -0.481 e. The van der Waals surface area contributed by atoms with Gasteiger partial charge in [-0.2, -0.15) is 0 Å². The number of nitrogens with one attached hydrogen (secondary N) is 4. The zero-order valence-electron chi connectivity index (χ0n) is 59.5. The first-order valence-corrected chi connectivity index (χ1v) is 35.5. The number of halogens is 3. The Bertz CT molecular complexity index is 4470. The zero-order chi connectivity index (χ0) is 79.9. The molecule has 3 aromatic carbocycles. The summed E-state index contributed by atoms with van der Waals surface area (Å²) in [5.41, 5.74) is 6.66. The Labute approximate surface area is 646 Å².